The molecule has 0 unspecified atom stereocenters. The number of thiazole rings is 1. The Labute approximate surface area is 161 Å². The van der Waals surface area contributed by atoms with Gasteiger partial charge in [0.15, 0.2) is 6.29 Å². The lowest BCUT2D eigenvalue weighted by Gasteiger charge is -2.32. The van der Waals surface area contributed by atoms with Crippen molar-refractivity contribution in [1.82, 2.24) is 9.88 Å². The minimum atomic E-state index is -4.44. The summed E-state index contributed by atoms with van der Waals surface area (Å²) in [5.41, 5.74) is 0.0969. The number of hydrogen-bond donors (Lipinski definition) is 0. The van der Waals surface area contributed by atoms with Crippen LogP contribution in [0, 0.1) is 5.92 Å². The zero-order chi connectivity index (χ0) is 20.5. The number of nitrogens with zero attached hydrogens (tertiary/aromatic N) is 2. The van der Waals surface area contributed by atoms with Crippen molar-refractivity contribution >= 4 is 17.6 Å². The van der Waals surface area contributed by atoms with E-state index in [4.69, 9.17) is 0 Å². The Morgan fingerprint density at radius 1 is 1.07 bits per heavy atom. The maximum absolute atomic E-state index is 12.8. The Balaban J connectivity index is 1.72. The summed E-state index contributed by atoms with van der Waals surface area (Å²) in [6.07, 6.45) is -8.03. The second kappa shape index (κ2) is 7.82. The summed E-state index contributed by atoms with van der Waals surface area (Å²) in [5.74, 6) is -1.31. The summed E-state index contributed by atoms with van der Waals surface area (Å²) in [4.78, 5) is 17.8. The Morgan fingerprint density at radius 2 is 1.68 bits per heavy atom. The van der Waals surface area contributed by atoms with E-state index in [0.29, 0.717) is 27.4 Å². The molecule has 1 saturated heterocycles. The monoisotopic (exact) mass is 422 g/mol. The first-order valence-electron chi connectivity index (χ1n) is 8.49. The largest absolute Gasteiger partial charge is 0.416 e. The number of aldehydes is 1. The van der Waals surface area contributed by atoms with Gasteiger partial charge in [0, 0.05) is 12.1 Å². The average molecular weight is 422 g/mol. The number of halogens is 6. The van der Waals surface area contributed by atoms with E-state index in [9.17, 15) is 31.1 Å². The van der Waals surface area contributed by atoms with Crippen LogP contribution in [0.15, 0.2) is 24.3 Å². The Bertz CT molecular complexity index is 820. The molecule has 1 fully saturated rings. The van der Waals surface area contributed by atoms with Crippen LogP contribution in [0.1, 0.15) is 33.8 Å². The second-order valence-corrected chi connectivity index (χ2v) is 7.65. The molecule has 0 saturated carbocycles. The molecular formula is C18H16F6N2OS. The minimum Gasteiger partial charge on any atom is -0.297 e. The molecular weight excluding hydrogens is 406 g/mol. The van der Waals surface area contributed by atoms with Gasteiger partial charge in [-0.2, -0.15) is 26.3 Å². The van der Waals surface area contributed by atoms with Crippen LogP contribution in [0.2, 0.25) is 0 Å². The summed E-state index contributed by atoms with van der Waals surface area (Å²) >= 11 is 1.05. The van der Waals surface area contributed by atoms with Crippen molar-refractivity contribution in [2.24, 2.45) is 5.92 Å². The number of carbonyl (C=O) groups excluding carboxylic acids is 1. The zero-order valence-corrected chi connectivity index (χ0v) is 15.3. The summed E-state index contributed by atoms with van der Waals surface area (Å²) in [6.45, 7) is 0.723. The van der Waals surface area contributed by atoms with Crippen molar-refractivity contribution in [3.05, 3.63) is 40.4 Å². The van der Waals surface area contributed by atoms with Crippen LogP contribution in [-0.2, 0) is 12.7 Å². The molecule has 152 valence electrons. The highest BCUT2D eigenvalue weighted by Crippen LogP contribution is 2.36. The van der Waals surface area contributed by atoms with E-state index in [1.54, 1.807) is 4.90 Å². The van der Waals surface area contributed by atoms with Crippen molar-refractivity contribution in [2.45, 2.75) is 31.7 Å². The van der Waals surface area contributed by atoms with Crippen LogP contribution in [-0.4, -0.2) is 35.4 Å². The van der Waals surface area contributed by atoms with Crippen molar-refractivity contribution in [1.29, 1.82) is 0 Å². The summed E-state index contributed by atoms with van der Waals surface area (Å²) in [7, 11) is 0. The van der Waals surface area contributed by atoms with Crippen molar-refractivity contribution in [3.8, 4) is 10.6 Å². The number of rotatable bonds is 4. The van der Waals surface area contributed by atoms with Gasteiger partial charge in [-0.15, -0.1) is 11.3 Å². The number of likely N-dealkylation sites (tertiary alicyclic amines) is 1. The molecule has 0 spiro atoms. The Hall–Kier alpha value is -1.94. The summed E-state index contributed by atoms with van der Waals surface area (Å²) in [5, 5.41) is 0.399. The van der Waals surface area contributed by atoms with Crippen molar-refractivity contribution < 1.29 is 31.1 Å². The predicted molar refractivity (Wildman–Crippen MR) is 92.0 cm³/mol. The fraction of sp³-hybridized carbons (Fsp3) is 0.444. The number of benzene rings is 1. The first-order valence-corrected chi connectivity index (χ1v) is 9.31. The lowest BCUT2D eigenvalue weighted by molar-refractivity contribution is -0.185. The van der Waals surface area contributed by atoms with Crippen molar-refractivity contribution in [3.63, 3.8) is 0 Å². The SMILES string of the molecule is O=Cc1sc(-c2ccc(C(F)(F)F)cc2)nc1CN1CCC(C(F)(F)F)CC1. The standard InChI is InChI=1S/C18H16F6N2OS/c19-17(20,21)12-3-1-11(2-4-12)16-25-14(15(10-27)28-16)9-26-7-5-13(6-8-26)18(22,23)24/h1-4,10,13H,5-9H2. The molecule has 0 bridgehead atoms. The van der Waals surface area contributed by atoms with Gasteiger partial charge >= 0.3 is 12.4 Å². The van der Waals surface area contributed by atoms with E-state index in [2.05, 4.69) is 4.98 Å². The van der Waals surface area contributed by atoms with Gasteiger partial charge in [0.1, 0.15) is 5.01 Å². The molecule has 3 nitrogen and oxygen atoms in total. The molecule has 2 aromatic rings. The second-order valence-electron chi connectivity index (χ2n) is 6.61. The van der Waals surface area contributed by atoms with Gasteiger partial charge in [-0.1, -0.05) is 12.1 Å². The topological polar surface area (TPSA) is 33.2 Å². The van der Waals surface area contributed by atoms with Gasteiger partial charge in [-0.3, -0.25) is 9.69 Å². The summed E-state index contributed by atoms with van der Waals surface area (Å²) < 4.78 is 76.3. The van der Waals surface area contributed by atoms with Crippen LogP contribution in [0.4, 0.5) is 26.3 Å². The normalized spacial score (nSPS) is 17.1. The van der Waals surface area contributed by atoms with Gasteiger partial charge in [-0.05, 0) is 38.1 Å². The molecule has 10 heteroatoms. The predicted octanol–water partition coefficient (Wildman–Crippen LogP) is 5.42. The first-order chi connectivity index (χ1) is 13.1. The highest BCUT2D eigenvalue weighted by Gasteiger charge is 2.41. The number of piperidine rings is 1. The van der Waals surface area contributed by atoms with Gasteiger partial charge in [0.2, 0.25) is 0 Å². The van der Waals surface area contributed by atoms with E-state index in [1.165, 1.54) is 12.1 Å². The Kier molecular flexibility index (Phi) is 5.81. The molecule has 0 radical (unpaired) electrons. The lowest BCUT2D eigenvalue weighted by Crippen LogP contribution is -2.38. The fourth-order valence-electron chi connectivity index (χ4n) is 3.12. The molecule has 0 aliphatic carbocycles. The molecule has 28 heavy (non-hydrogen) atoms. The number of alkyl halides is 6. The smallest absolute Gasteiger partial charge is 0.297 e. The third-order valence-electron chi connectivity index (χ3n) is 4.72. The molecule has 0 amide bonds. The van der Waals surface area contributed by atoms with Gasteiger partial charge in [-0.25, -0.2) is 4.98 Å². The molecule has 1 aromatic heterocycles. The number of hydrogen-bond acceptors (Lipinski definition) is 4. The fourth-order valence-corrected chi connectivity index (χ4v) is 4.02. The molecule has 1 aliphatic rings. The van der Waals surface area contributed by atoms with Crippen LogP contribution in [0.5, 0.6) is 0 Å². The van der Waals surface area contributed by atoms with Crippen LogP contribution in [0.3, 0.4) is 0 Å². The van der Waals surface area contributed by atoms with Crippen LogP contribution >= 0.6 is 11.3 Å². The van der Waals surface area contributed by atoms with E-state index in [0.717, 1.165) is 23.5 Å². The molecule has 1 aromatic carbocycles. The maximum Gasteiger partial charge on any atom is 0.416 e. The maximum atomic E-state index is 12.8. The van der Waals surface area contributed by atoms with Gasteiger partial charge in [0.05, 0.1) is 22.1 Å². The van der Waals surface area contributed by atoms with E-state index in [-0.39, 0.29) is 32.5 Å². The third-order valence-corrected chi connectivity index (χ3v) is 5.79. The number of carbonyl (C=O) groups is 1. The highest BCUT2D eigenvalue weighted by atomic mass is 32.1. The number of aromatic nitrogens is 1. The zero-order valence-electron chi connectivity index (χ0n) is 14.5. The summed E-state index contributed by atoms with van der Waals surface area (Å²) in [6, 6.07) is 4.46. The molecule has 3 rings (SSSR count). The van der Waals surface area contributed by atoms with E-state index < -0.39 is 23.8 Å². The highest BCUT2D eigenvalue weighted by molar-refractivity contribution is 7.16. The third kappa shape index (κ3) is 4.72. The van der Waals surface area contributed by atoms with Crippen LogP contribution in [0.25, 0.3) is 10.6 Å². The minimum absolute atomic E-state index is 0.00415. The average Bonchev–Trinajstić information content (AvgIpc) is 3.03. The van der Waals surface area contributed by atoms with E-state index >= 15 is 0 Å². The molecule has 2 heterocycles. The van der Waals surface area contributed by atoms with Gasteiger partial charge < -0.3 is 0 Å². The molecule has 0 N–H and O–H groups in total. The van der Waals surface area contributed by atoms with E-state index in [1.807, 2.05) is 0 Å². The van der Waals surface area contributed by atoms with Gasteiger partial charge in [0.25, 0.3) is 0 Å². The quantitative estimate of drug-likeness (QED) is 0.488. The molecule has 1 aliphatic heterocycles. The Morgan fingerprint density at radius 3 is 2.18 bits per heavy atom. The molecule has 0 atom stereocenters. The first kappa shape index (κ1) is 20.8. The lowest BCUT2D eigenvalue weighted by atomic mass is 9.96. The van der Waals surface area contributed by atoms with Crippen LogP contribution < -0.4 is 0 Å². The van der Waals surface area contributed by atoms with Crippen molar-refractivity contribution in [2.75, 3.05) is 13.1 Å².